The molecule has 1 unspecified atom stereocenters. The summed E-state index contributed by atoms with van der Waals surface area (Å²) in [5, 5.41) is 12.0. The molecule has 6 nitrogen and oxygen atoms in total. The van der Waals surface area contributed by atoms with Crippen molar-refractivity contribution in [2.75, 3.05) is 25.0 Å². The summed E-state index contributed by atoms with van der Waals surface area (Å²) in [6.07, 6.45) is -1.02. The van der Waals surface area contributed by atoms with Gasteiger partial charge in [0, 0.05) is 11.0 Å². The van der Waals surface area contributed by atoms with Crippen LogP contribution in [0.5, 0.6) is 0 Å². The molecule has 0 saturated carbocycles. The van der Waals surface area contributed by atoms with Crippen LogP contribution < -0.4 is 5.32 Å². The van der Waals surface area contributed by atoms with Gasteiger partial charge in [0.25, 0.3) is 0 Å². The molecular weight excluding hydrogens is 387 g/mol. The molecule has 1 fully saturated rings. The largest absolute Gasteiger partial charge is 0.479 e. The average Bonchev–Trinajstić information content (AvgIpc) is 2.48. The zero-order chi connectivity index (χ0) is 15.6. The zero-order valence-corrected chi connectivity index (χ0v) is 13.7. The highest BCUT2D eigenvalue weighted by atomic mass is 79.9. The monoisotopic (exact) mass is 396 g/mol. The lowest BCUT2D eigenvalue weighted by Gasteiger charge is -2.31. The number of carbonyl (C=O) groups excluding carboxylic acids is 1. The number of hydrogen-bond donors (Lipinski definition) is 2. The van der Waals surface area contributed by atoms with Crippen LogP contribution in [0.1, 0.15) is 0 Å². The van der Waals surface area contributed by atoms with Crippen molar-refractivity contribution >= 4 is 56.8 Å². The highest BCUT2D eigenvalue weighted by Crippen LogP contribution is 2.35. The summed E-state index contributed by atoms with van der Waals surface area (Å²) in [7, 11) is 0. The number of ether oxygens (including phenoxy) is 1. The molecule has 0 radical (unpaired) electrons. The smallest absolute Gasteiger partial charge is 0.334 e. The SMILES string of the molecule is O=C(O)C1CN(C(=O)Nc2ccc(Br)c(Cl)c2Cl)CCO1. The fraction of sp³-hybridized carbons (Fsp3) is 0.333. The first-order valence-corrected chi connectivity index (χ1v) is 7.49. The molecule has 2 rings (SSSR count). The molecule has 1 aliphatic heterocycles. The number of carbonyl (C=O) groups is 2. The van der Waals surface area contributed by atoms with Crippen LogP contribution in [0.25, 0.3) is 0 Å². The van der Waals surface area contributed by atoms with Gasteiger partial charge in [0.1, 0.15) is 0 Å². The molecule has 114 valence electrons. The summed E-state index contributed by atoms with van der Waals surface area (Å²) in [6.45, 7) is 0.444. The van der Waals surface area contributed by atoms with Gasteiger partial charge in [-0.1, -0.05) is 23.2 Å². The quantitative estimate of drug-likeness (QED) is 0.751. The molecule has 2 amide bonds. The molecular formula is C12H11BrCl2N2O4. The Balaban J connectivity index is 2.08. The van der Waals surface area contributed by atoms with Crippen LogP contribution in [0.3, 0.4) is 0 Å². The number of aliphatic carboxylic acids is 1. The van der Waals surface area contributed by atoms with E-state index in [9.17, 15) is 9.59 Å². The molecule has 2 N–H and O–H groups in total. The molecule has 0 bridgehead atoms. The number of morpholine rings is 1. The minimum Gasteiger partial charge on any atom is -0.479 e. The second kappa shape index (κ2) is 6.83. The van der Waals surface area contributed by atoms with Crippen LogP contribution in [0.15, 0.2) is 16.6 Å². The van der Waals surface area contributed by atoms with Crippen LogP contribution >= 0.6 is 39.1 Å². The lowest BCUT2D eigenvalue weighted by atomic mass is 10.3. The predicted molar refractivity (Wildman–Crippen MR) is 82.1 cm³/mol. The van der Waals surface area contributed by atoms with E-state index in [0.717, 1.165) is 0 Å². The third kappa shape index (κ3) is 3.79. The number of carboxylic acid groups (broad SMARTS) is 1. The molecule has 0 aromatic heterocycles. The predicted octanol–water partition coefficient (Wildman–Crippen LogP) is 3.07. The summed E-state index contributed by atoms with van der Waals surface area (Å²) in [4.78, 5) is 24.4. The fourth-order valence-corrected chi connectivity index (χ4v) is 2.62. The number of amides is 2. The first-order chi connectivity index (χ1) is 9.90. The molecule has 1 aromatic rings. The van der Waals surface area contributed by atoms with Gasteiger partial charge < -0.3 is 20.1 Å². The number of urea groups is 1. The second-order valence-electron chi connectivity index (χ2n) is 4.30. The highest BCUT2D eigenvalue weighted by Gasteiger charge is 2.29. The second-order valence-corrected chi connectivity index (χ2v) is 5.91. The van der Waals surface area contributed by atoms with Crippen molar-refractivity contribution in [2.45, 2.75) is 6.10 Å². The minimum atomic E-state index is -1.10. The number of rotatable bonds is 2. The van der Waals surface area contributed by atoms with Crippen LogP contribution in [-0.4, -0.2) is 47.8 Å². The first-order valence-electron chi connectivity index (χ1n) is 5.94. The Bertz CT molecular complexity index is 585. The van der Waals surface area contributed by atoms with Crippen LogP contribution in [-0.2, 0) is 9.53 Å². The molecule has 0 aliphatic carbocycles. The first kappa shape index (κ1) is 16.4. The summed E-state index contributed by atoms with van der Waals surface area (Å²) in [6, 6.07) is 2.80. The summed E-state index contributed by atoms with van der Waals surface area (Å²) in [5.41, 5.74) is 0.355. The molecule has 21 heavy (non-hydrogen) atoms. The van der Waals surface area contributed by atoms with Gasteiger partial charge in [0.15, 0.2) is 6.10 Å². The molecule has 1 aliphatic rings. The lowest BCUT2D eigenvalue weighted by molar-refractivity contribution is -0.154. The molecule has 1 atom stereocenters. The number of nitrogens with zero attached hydrogens (tertiary/aromatic N) is 1. The zero-order valence-electron chi connectivity index (χ0n) is 10.6. The van der Waals surface area contributed by atoms with Gasteiger partial charge in [-0.05, 0) is 28.1 Å². The van der Waals surface area contributed by atoms with Gasteiger partial charge in [-0.15, -0.1) is 0 Å². The maximum atomic E-state index is 12.1. The third-order valence-corrected chi connectivity index (χ3v) is 4.68. The Morgan fingerprint density at radius 2 is 2.10 bits per heavy atom. The van der Waals surface area contributed by atoms with E-state index in [0.29, 0.717) is 21.7 Å². The van der Waals surface area contributed by atoms with Crippen molar-refractivity contribution in [3.8, 4) is 0 Å². The summed E-state index contributed by atoms with van der Waals surface area (Å²) < 4.78 is 5.67. The van der Waals surface area contributed by atoms with E-state index in [1.165, 1.54) is 4.90 Å². The topological polar surface area (TPSA) is 78.9 Å². The number of halogens is 3. The van der Waals surface area contributed by atoms with Gasteiger partial charge in [0.2, 0.25) is 0 Å². The summed E-state index contributed by atoms with van der Waals surface area (Å²) in [5.74, 6) is -1.10. The Kier molecular flexibility index (Phi) is 5.32. The van der Waals surface area contributed by atoms with Crippen molar-refractivity contribution in [2.24, 2.45) is 0 Å². The van der Waals surface area contributed by atoms with E-state index < -0.39 is 18.1 Å². The van der Waals surface area contributed by atoms with E-state index in [2.05, 4.69) is 21.2 Å². The van der Waals surface area contributed by atoms with Crippen LogP contribution in [0, 0.1) is 0 Å². The van der Waals surface area contributed by atoms with E-state index in [4.69, 9.17) is 33.0 Å². The molecule has 1 saturated heterocycles. The van der Waals surface area contributed by atoms with Crippen molar-refractivity contribution in [1.82, 2.24) is 4.90 Å². The minimum absolute atomic E-state index is 0.0248. The number of anilines is 1. The van der Waals surface area contributed by atoms with Gasteiger partial charge in [-0.2, -0.15) is 0 Å². The Morgan fingerprint density at radius 3 is 2.76 bits per heavy atom. The van der Waals surface area contributed by atoms with Crippen molar-refractivity contribution in [3.05, 3.63) is 26.7 Å². The number of nitrogens with one attached hydrogen (secondary N) is 1. The van der Waals surface area contributed by atoms with E-state index in [1.54, 1.807) is 12.1 Å². The van der Waals surface area contributed by atoms with Crippen molar-refractivity contribution in [1.29, 1.82) is 0 Å². The maximum Gasteiger partial charge on any atom is 0.334 e. The van der Waals surface area contributed by atoms with Crippen molar-refractivity contribution in [3.63, 3.8) is 0 Å². The number of hydrogen-bond acceptors (Lipinski definition) is 3. The van der Waals surface area contributed by atoms with Gasteiger partial charge in [0.05, 0.1) is 28.9 Å². The van der Waals surface area contributed by atoms with E-state index in [1.807, 2.05) is 0 Å². The molecule has 9 heteroatoms. The number of carboxylic acids is 1. The van der Waals surface area contributed by atoms with Crippen LogP contribution in [0.4, 0.5) is 10.5 Å². The molecule has 1 aromatic carbocycles. The maximum absolute atomic E-state index is 12.1. The third-order valence-electron chi connectivity index (χ3n) is 2.91. The Morgan fingerprint density at radius 1 is 1.38 bits per heavy atom. The molecule has 0 spiro atoms. The van der Waals surface area contributed by atoms with E-state index in [-0.39, 0.29) is 18.2 Å². The van der Waals surface area contributed by atoms with Crippen LogP contribution in [0.2, 0.25) is 10.0 Å². The Hall–Kier alpha value is -1.02. The average molecular weight is 398 g/mol. The highest BCUT2D eigenvalue weighted by molar-refractivity contribution is 9.10. The Labute approximate surface area is 139 Å². The molecule has 1 heterocycles. The standard InChI is InChI=1S/C12H11BrCl2N2O4/c13-6-1-2-7(10(15)9(6)14)16-12(20)17-3-4-21-8(5-17)11(18)19/h1-2,8H,3-5H2,(H,16,20)(H,18,19). The number of benzene rings is 1. The van der Waals surface area contributed by atoms with Gasteiger partial charge in [-0.25, -0.2) is 9.59 Å². The van der Waals surface area contributed by atoms with Crippen molar-refractivity contribution < 1.29 is 19.4 Å². The van der Waals surface area contributed by atoms with Gasteiger partial charge >= 0.3 is 12.0 Å². The van der Waals surface area contributed by atoms with E-state index >= 15 is 0 Å². The fourth-order valence-electron chi connectivity index (χ4n) is 1.80. The summed E-state index contributed by atoms with van der Waals surface area (Å²) >= 11 is 15.2. The lowest BCUT2D eigenvalue weighted by Crippen LogP contribution is -2.49. The normalized spacial score (nSPS) is 18.4. The van der Waals surface area contributed by atoms with Gasteiger partial charge in [-0.3, -0.25) is 0 Å².